The Morgan fingerprint density at radius 3 is 2.33 bits per heavy atom. The maximum atomic E-state index is 12.0. The van der Waals surface area contributed by atoms with Crippen molar-refractivity contribution in [2.45, 2.75) is 30.6 Å². The molecule has 2 N–H and O–H groups in total. The van der Waals surface area contributed by atoms with Crippen LogP contribution in [0.1, 0.15) is 18.1 Å². The van der Waals surface area contributed by atoms with Gasteiger partial charge in [0.1, 0.15) is 18.4 Å². The minimum atomic E-state index is -1.10. The van der Waals surface area contributed by atoms with E-state index in [-0.39, 0.29) is 11.9 Å². The van der Waals surface area contributed by atoms with Gasteiger partial charge in [-0.2, -0.15) is 11.8 Å². The number of rotatable bonds is 9. The maximum absolute atomic E-state index is 12.0. The van der Waals surface area contributed by atoms with E-state index in [0.717, 1.165) is 16.9 Å². The second-order valence-corrected chi connectivity index (χ2v) is 7.25. The molecule has 1 amide bonds. The number of alkyl carbamates (subject to hydrolysis) is 1. The van der Waals surface area contributed by atoms with Crippen molar-refractivity contribution in [3.8, 4) is 5.75 Å². The molecule has 0 spiro atoms. The van der Waals surface area contributed by atoms with E-state index < -0.39 is 18.1 Å². The molecular weight excluding hydrogens is 366 g/mol. The average molecular weight is 389 g/mol. The number of ether oxygens (including phenoxy) is 2. The average Bonchev–Trinajstić information content (AvgIpc) is 2.69. The van der Waals surface area contributed by atoms with Crippen LogP contribution in [0.2, 0.25) is 0 Å². The fraction of sp³-hybridized carbons (Fsp3) is 0.300. The number of thioether (sulfide) groups is 1. The molecule has 0 aliphatic carbocycles. The predicted octanol–water partition coefficient (Wildman–Crippen LogP) is 3.70. The summed E-state index contributed by atoms with van der Waals surface area (Å²) < 4.78 is 10.2. The number of methoxy groups -OCH3 is 1. The quantitative estimate of drug-likeness (QED) is 0.680. The lowest BCUT2D eigenvalue weighted by molar-refractivity contribution is -0.139. The molecule has 2 aromatic carbocycles. The van der Waals surface area contributed by atoms with E-state index in [1.165, 1.54) is 11.8 Å². The van der Waals surface area contributed by atoms with Gasteiger partial charge < -0.3 is 19.9 Å². The molecule has 0 radical (unpaired) electrons. The molecule has 2 aromatic rings. The zero-order chi connectivity index (χ0) is 19.6. The summed E-state index contributed by atoms with van der Waals surface area (Å²) in [5.41, 5.74) is 1.88. The number of hydrogen-bond donors (Lipinski definition) is 2. The van der Waals surface area contributed by atoms with Gasteiger partial charge >= 0.3 is 12.1 Å². The minimum Gasteiger partial charge on any atom is -0.497 e. The first-order valence-electron chi connectivity index (χ1n) is 8.44. The first-order chi connectivity index (χ1) is 13.0. The van der Waals surface area contributed by atoms with E-state index in [9.17, 15) is 14.7 Å². The zero-order valence-corrected chi connectivity index (χ0v) is 16.1. The van der Waals surface area contributed by atoms with Gasteiger partial charge in [0.25, 0.3) is 0 Å². The van der Waals surface area contributed by atoms with Crippen LogP contribution < -0.4 is 10.1 Å². The highest BCUT2D eigenvalue weighted by atomic mass is 32.2. The van der Waals surface area contributed by atoms with E-state index in [0.29, 0.717) is 5.75 Å². The molecule has 0 aromatic heterocycles. The lowest BCUT2D eigenvalue weighted by atomic mass is 10.2. The number of benzene rings is 2. The Morgan fingerprint density at radius 1 is 1.07 bits per heavy atom. The number of carboxylic acid groups (broad SMARTS) is 1. The van der Waals surface area contributed by atoms with Gasteiger partial charge in [0.2, 0.25) is 0 Å². The van der Waals surface area contributed by atoms with Crippen LogP contribution in [0.25, 0.3) is 0 Å². The zero-order valence-electron chi connectivity index (χ0n) is 15.3. The van der Waals surface area contributed by atoms with Crippen LogP contribution in [0.5, 0.6) is 5.75 Å². The SMILES string of the molecule is COc1ccc(CSC(C)C(NC(=O)OCc2ccccc2)C(=O)O)cc1. The summed E-state index contributed by atoms with van der Waals surface area (Å²) in [4.78, 5) is 23.5. The van der Waals surface area contributed by atoms with E-state index in [1.54, 1.807) is 14.0 Å². The summed E-state index contributed by atoms with van der Waals surface area (Å²) in [6.45, 7) is 1.86. The largest absolute Gasteiger partial charge is 0.497 e. The van der Waals surface area contributed by atoms with Crippen molar-refractivity contribution in [3.63, 3.8) is 0 Å². The van der Waals surface area contributed by atoms with Gasteiger partial charge in [-0.3, -0.25) is 0 Å². The number of carboxylic acids is 1. The van der Waals surface area contributed by atoms with Gasteiger partial charge in [0, 0.05) is 11.0 Å². The second-order valence-electron chi connectivity index (χ2n) is 5.89. The molecular formula is C20H23NO5S. The Labute approximate surface area is 162 Å². The molecule has 0 saturated carbocycles. The Morgan fingerprint density at radius 2 is 1.74 bits per heavy atom. The van der Waals surface area contributed by atoms with Crippen LogP contribution in [0.15, 0.2) is 54.6 Å². The molecule has 0 saturated heterocycles. The molecule has 0 bridgehead atoms. The topological polar surface area (TPSA) is 84.9 Å². The fourth-order valence-electron chi connectivity index (χ4n) is 2.32. The predicted molar refractivity (Wildman–Crippen MR) is 105 cm³/mol. The van der Waals surface area contributed by atoms with Gasteiger partial charge in [0.05, 0.1) is 7.11 Å². The minimum absolute atomic E-state index is 0.0897. The van der Waals surface area contributed by atoms with Crippen LogP contribution in [-0.4, -0.2) is 35.6 Å². The molecule has 2 atom stereocenters. The Balaban J connectivity index is 1.84. The molecule has 2 unspecified atom stereocenters. The highest BCUT2D eigenvalue weighted by Crippen LogP contribution is 2.22. The first-order valence-corrected chi connectivity index (χ1v) is 9.49. The van der Waals surface area contributed by atoms with Gasteiger partial charge in [-0.05, 0) is 23.3 Å². The van der Waals surface area contributed by atoms with Crippen molar-refractivity contribution in [1.82, 2.24) is 5.32 Å². The molecule has 144 valence electrons. The second kappa shape index (κ2) is 10.5. The normalized spacial score (nSPS) is 12.7. The number of aliphatic carboxylic acids is 1. The summed E-state index contributed by atoms with van der Waals surface area (Å²) >= 11 is 1.44. The molecule has 27 heavy (non-hydrogen) atoms. The molecule has 0 aliphatic rings. The number of amides is 1. The number of carbonyl (C=O) groups excluding carboxylic acids is 1. The summed E-state index contributed by atoms with van der Waals surface area (Å²) in [7, 11) is 1.60. The lowest BCUT2D eigenvalue weighted by Crippen LogP contribution is -2.46. The third kappa shape index (κ3) is 6.86. The van der Waals surface area contributed by atoms with Crippen molar-refractivity contribution in [1.29, 1.82) is 0 Å². The first kappa shape index (κ1) is 20.6. The highest BCUT2D eigenvalue weighted by molar-refractivity contribution is 7.99. The number of nitrogens with one attached hydrogen (secondary N) is 1. The Kier molecular flexibility index (Phi) is 8.00. The highest BCUT2D eigenvalue weighted by Gasteiger charge is 2.27. The Bertz CT molecular complexity index is 736. The van der Waals surface area contributed by atoms with Gasteiger partial charge in [-0.1, -0.05) is 49.4 Å². The Hall–Kier alpha value is -2.67. The van der Waals surface area contributed by atoms with Gasteiger partial charge in [0.15, 0.2) is 0 Å². The molecule has 0 aliphatic heterocycles. The fourth-order valence-corrected chi connectivity index (χ4v) is 3.34. The van der Waals surface area contributed by atoms with Crippen LogP contribution in [-0.2, 0) is 21.9 Å². The standard InChI is InChI=1S/C20H23NO5S/c1-14(27-13-16-8-10-17(25-2)11-9-16)18(19(22)23)21-20(24)26-12-15-6-4-3-5-7-15/h3-11,14,18H,12-13H2,1-2H3,(H,21,24)(H,22,23). The summed E-state index contributed by atoms with van der Waals surface area (Å²) in [5.74, 6) is 0.291. The van der Waals surface area contributed by atoms with E-state index in [4.69, 9.17) is 9.47 Å². The van der Waals surface area contributed by atoms with Crippen molar-refractivity contribution in [2.75, 3.05) is 7.11 Å². The summed E-state index contributed by atoms with van der Waals surface area (Å²) in [5, 5.41) is 11.5. The van der Waals surface area contributed by atoms with Crippen LogP contribution in [0, 0.1) is 0 Å². The van der Waals surface area contributed by atoms with E-state index >= 15 is 0 Å². The number of hydrogen-bond acceptors (Lipinski definition) is 5. The van der Waals surface area contributed by atoms with E-state index in [2.05, 4.69) is 5.32 Å². The van der Waals surface area contributed by atoms with Crippen LogP contribution in [0.3, 0.4) is 0 Å². The molecule has 7 heteroatoms. The van der Waals surface area contributed by atoms with Crippen molar-refractivity contribution < 1.29 is 24.2 Å². The lowest BCUT2D eigenvalue weighted by Gasteiger charge is -2.21. The van der Waals surface area contributed by atoms with Crippen molar-refractivity contribution in [3.05, 3.63) is 65.7 Å². The molecule has 0 fully saturated rings. The van der Waals surface area contributed by atoms with Gasteiger partial charge in [-0.25, -0.2) is 9.59 Å². The van der Waals surface area contributed by atoms with E-state index in [1.807, 2.05) is 54.6 Å². The van der Waals surface area contributed by atoms with Crippen LogP contribution in [0.4, 0.5) is 4.79 Å². The number of carbonyl (C=O) groups is 2. The molecule has 6 nitrogen and oxygen atoms in total. The molecule has 2 rings (SSSR count). The third-order valence-corrected chi connectivity index (χ3v) is 5.19. The summed E-state index contributed by atoms with van der Waals surface area (Å²) in [6.07, 6.45) is -0.747. The van der Waals surface area contributed by atoms with Gasteiger partial charge in [-0.15, -0.1) is 0 Å². The maximum Gasteiger partial charge on any atom is 0.408 e. The smallest absolute Gasteiger partial charge is 0.408 e. The molecule has 0 heterocycles. The van der Waals surface area contributed by atoms with Crippen molar-refractivity contribution in [2.24, 2.45) is 0 Å². The third-order valence-electron chi connectivity index (χ3n) is 3.89. The monoisotopic (exact) mass is 389 g/mol. The van der Waals surface area contributed by atoms with Crippen molar-refractivity contribution >= 4 is 23.8 Å². The summed E-state index contributed by atoms with van der Waals surface area (Å²) in [6, 6.07) is 15.7. The van der Waals surface area contributed by atoms with Crippen LogP contribution >= 0.6 is 11.8 Å².